The van der Waals surface area contributed by atoms with Crippen molar-refractivity contribution in [3.63, 3.8) is 0 Å². The maximum absolute atomic E-state index is 13.6. The Labute approximate surface area is 232 Å². The Bertz CT molecular complexity index is 1170. The zero-order valence-electron chi connectivity index (χ0n) is 20.2. The van der Waals surface area contributed by atoms with Crippen LogP contribution in [0.25, 0.3) is 0 Å². The molecular formula is C28H29Cl3N2O2S. The lowest BCUT2D eigenvalue weighted by Crippen LogP contribution is -2.52. The van der Waals surface area contributed by atoms with E-state index in [2.05, 4.69) is 5.32 Å². The number of nitrogens with zero attached hydrogens (tertiary/aromatic N) is 1. The predicted molar refractivity (Wildman–Crippen MR) is 152 cm³/mol. The highest BCUT2D eigenvalue weighted by Crippen LogP contribution is 2.25. The fraction of sp³-hybridized carbons (Fsp3) is 0.286. The quantitative estimate of drug-likeness (QED) is 0.272. The van der Waals surface area contributed by atoms with Gasteiger partial charge in [0.15, 0.2) is 0 Å². The van der Waals surface area contributed by atoms with Crippen LogP contribution in [0.5, 0.6) is 0 Å². The fourth-order valence-electron chi connectivity index (χ4n) is 3.72. The molecule has 0 saturated heterocycles. The van der Waals surface area contributed by atoms with E-state index < -0.39 is 6.04 Å². The Balaban J connectivity index is 1.88. The molecule has 0 aliphatic carbocycles. The molecule has 1 atom stereocenters. The average Bonchev–Trinajstić information content (AvgIpc) is 2.84. The van der Waals surface area contributed by atoms with E-state index in [1.54, 1.807) is 17.0 Å². The first kappa shape index (κ1) is 28.4. The highest BCUT2D eigenvalue weighted by molar-refractivity contribution is 7.99. The summed E-state index contributed by atoms with van der Waals surface area (Å²) in [6, 6.07) is 21.8. The highest BCUT2D eigenvalue weighted by atomic mass is 35.5. The second-order valence-corrected chi connectivity index (χ2v) is 10.9. The van der Waals surface area contributed by atoms with Crippen LogP contribution in [0.2, 0.25) is 15.1 Å². The van der Waals surface area contributed by atoms with Crippen molar-refractivity contribution in [2.75, 3.05) is 5.75 Å². The molecule has 0 aromatic heterocycles. The van der Waals surface area contributed by atoms with Gasteiger partial charge in [0.05, 0.1) is 15.8 Å². The zero-order valence-corrected chi connectivity index (χ0v) is 23.3. The molecule has 3 rings (SSSR count). The summed E-state index contributed by atoms with van der Waals surface area (Å²) in [5.74, 6) is 0.455. The van der Waals surface area contributed by atoms with Gasteiger partial charge in [-0.15, -0.1) is 11.8 Å². The van der Waals surface area contributed by atoms with Crippen LogP contribution in [0.4, 0.5) is 0 Å². The summed E-state index contributed by atoms with van der Waals surface area (Å²) >= 11 is 20.1. The van der Waals surface area contributed by atoms with Crippen LogP contribution >= 0.6 is 46.6 Å². The average molecular weight is 564 g/mol. The molecule has 4 nitrogen and oxygen atoms in total. The van der Waals surface area contributed by atoms with Gasteiger partial charge in [0.1, 0.15) is 6.04 Å². The first-order valence-corrected chi connectivity index (χ1v) is 13.9. The Morgan fingerprint density at radius 2 is 1.56 bits per heavy atom. The number of thioether (sulfide) groups is 1. The summed E-state index contributed by atoms with van der Waals surface area (Å²) in [6.45, 7) is 4.04. The van der Waals surface area contributed by atoms with E-state index in [1.165, 1.54) is 11.8 Å². The van der Waals surface area contributed by atoms with Gasteiger partial charge >= 0.3 is 0 Å². The van der Waals surface area contributed by atoms with Crippen LogP contribution in [0.1, 0.15) is 30.5 Å². The summed E-state index contributed by atoms with van der Waals surface area (Å²) in [7, 11) is 0. The summed E-state index contributed by atoms with van der Waals surface area (Å²) in [5, 5.41) is 4.50. The van der Waals surface area contributed by atoms with Crippen LogP contribution in [-0.2, 0) is 28.3 Å². The van der Waals surface area contributed by atoms with E-state index in [0.29, 0.717) is 27.2 Å². The van der Waals surface area contributed by atoms with Crippen molar-refractivity contribution in [3.8, 4) is 0 Å². The van der Waals surface area contributed by atoms with Gasteiger partial charge in [-0.3, -0.25) is 9.59 Å². The third-order valence-electron chi connectivity index (χ3n) is 5.48. The molecule has 0 saturated carbocycles. The predicted octanol–water partition coefficient (Wildman–Crippen LogP) is 7.04. The number of halogens is 3. The third kappa shape index (κ3) is 8.45. The van der Waals surface area contributed by atoms with Gasteiger partial charge in [-0.25, -0.2) is 0 Å². The monoisotopic (exact) mass is 562 g/mol. The summed E-state index contributed by atoms with van der Waals surface area (Å²) in [4.78, 5) is 28.7. The Morgan fingerprint density at radius 1 is 0.861 bits per heavy atom. The number of hydrogen-bond acceptors (Lipinski definition) is 3. The minimum Gasteiger partial charge on any atom is -0.352 e. The van der Waals surface area contributed by atoms with Gasteiger partial charge in [-0.05, 0) is 48.7 Å². The first-order valence-electron chi connectivity index (χ1n) is 11.6. The van der Waals surface area contributed by atoms with Crippen molar-refractivity contribution >= 4 is 58.4 Å². The molecule has 0 bridgehead atoms. The molecule has 8 heteroatoms. The van der Waals surface area contributed by atoms with Gasteiger partial charge in [0.25, 0.3) is 0 Å². The number of benzene rings is 3. The van der Waals surface area contributed by atoms with Crippen molar-refractivity contribution in [1.82, 2.24) is 10.2 Å². The molecule has 0 fully saturated rings. The molecule has 0 radical (unpaired) electrons. The molecule has 0 aliphatic heterocycles. The first-order chi connectivity index (χ1) is 17.2. The number of carbonyl (C=O) groups is 2. The van der Waals surface area contributed by atoms with Crippen LogP contribution in [-0.4, -0.2) is 34.6 Å². The topological polar surface area (TPSA) is 49.4 Å². The minimum absolute atomic E-state index is 0.0627. The SMILES string of the molecule is CC(C)NC(=O)[C@H](Cc1ccccc1)N(Cc1ccc(Cl)c(Cl)c1)C(=O)CSCc1ccccc1Cl. The van der Waals surface area contributed by atoms with E-state index in [4.69, 9.17) is 34.8 Å². The highest BCUT2D eigenvalue weighted by Gasteiger charge is 2.30. The molecular weight excluding hydrogens is 535 g/mol. The Morgan fingerprint density at radius 3 is 2.22 bits per heavy atom. The smallest absolute Gasteiger partial charge is 0.243 e. The van der Waals surface area contributed by atoms with Crippen LogP contribution in [0.15, 0.2) is 72.8 Å². The van der Waals surface area contributed by atoms with E-state index in [9.17, 15) is 9.59 Å². The van der Waals surface area contributed by atoms with Gasteiger partial charge in [-0.1, -0.05) is 89.4 Å². The largest absolute Gasteiger partial charge is 0.352 e. The van der Waals surface area contributed by atoms with Crippen LogP contribution in [0, 0.1) is 0 Å². The van der Waals surface area contributed by atoms with Crippen molar-refractivity contribution < 1.29 is 9.59 Å². The second kappa shape index (κ2) is 13.9. The molecule has 0 heterocycles. The maximum Gasteiger partial charge on any atom is 0.243 e. The lowest BCUT2D eigenvalue weighted by atomic mass is 10.0. The normalized spacial score (nSPS) is 11.8. The summed E-state index contributed by atoms with van der Waals surface area (Å²) in [6.07, 6.45) is 0.391. The zero-order chi connectivity index (χ0) is 26.1. The van der Waals surface area contributed by atoms with Gasteiger partial charge in [0, 0.05) is 29.8 Å². The van der Waals surface area contributed by atoms with Gasteiger partial charge in [0.2, 0.25) is 11.8 Å². The van der Waals surface area contributed by atoms with Gasteiger partial charge in [-0.2, -0.15) is 0 Å². The molecule has 190 valence electrons. The number of hydrogen-bond donors (Lipinski definition) is 1. The van der Waals surface area contributed by atoms with Crippen molar-refractivity contribution in [2.45, 2.75) is 44.6 Å². The van der Waals surface area contributed by atoms with E-state index in [0.717, 1.165) is 16.7 Å². The maximum atomic E-state index is 13.6. The number of nitrogens with one attached hydrogen (secondary N) is 1. The molecule has 3 aromatic carbocycles. The standard InChI is InChI=1S/C28H29Cl3N2O2S/c1-19(2)32-28(35)26(15-20-8-4-3-5-9-20)33(16-21-12-13-24(30)25(31)14-21)27(34)18-36-17-22-10-6-7-11-23(22)29/h3-14,19,26H,15-18H2,1-2H3,(H,32,35)/t26-/m0/s1. The van der Waals surface area contributed by atoms with Crippen molar-refractivity contribution in [3.05, 3.63) is 105 Å². The molecule has 0 unspecified atom stereocenters. The molecule has 0 aliphatic rings. The third-order valence-corrected chi connectivity index (χ3v) is 7.55. The molecule has 2 amide bonds. The Kier molecular flexibility index (Phi) is 11.0. The van der Waals surface area contributed by atoms with E-state index in [-0.39, 0.29) is 30.2 Å². The number of rotatable bonds is 11. The fourth-order valence-corrected chi connectivity index (χ4v) is 5.23. The molecule has 1 N–H and O–H groups in total. The number of amides is 2. The Hall–Kier alpha value is -2.18. The minimum atomic E-state index is -0.697. The number of carbonyl (C=O) groups excluding carboxylic acids is 2. The molecule has 0 spiro atoms. The van der Waals surface area contributed by atoms with E-state index in [1.807, 2.05) is 74.5 Å². The lowest BCUT2D eigenvalue weighted by Gasteiger charge is -2.32. The summed E-state index contributed by atoms with van der Waals surface area (Å²) < 4.78 is 0. The van der Waals surface area contributed by atoms with Crippen LogP contribution < -0.4 is 5.32 Å². The summed E-state index contributed by atoms with van der Waals surface area (Å²) in [5.41, 5.74) is 2.73. The lowest BCUT2D eigenvalue weighted by molar-refractivity contribution is -0.139. The van der Waals surface area contributed by atoms with Crippen molar-refractivity contribution in [2.24, 2.45) is 0 Å². The second-order valence-electron chi connectivity index (χ2n) is 8.72. The van der Waals surface area contributed by atoms with Crippen LogP contribution in [0.3, 0.4) is 0 Å². The van der Waals surface area contributed by atoms with Crippen molar-refractivity contribution in [1.29, 1.82) is 0 Å². The molecule has 36 heavy (non-hydrogen) atoms. The van der Waals surface area contributed by atoms with E-state index >= 15 is 0 Å². The molecule has 3 aromatic rings. The van der Waals surface area contributed by atoms with Gasteiger partial charge < -0.3 is 10.2 Å².